The van der Waals surface area contributed by atoms with E-state index in [9.17, 15) is 8.42 Å². The Morgan fingerprint density at radius 1 is 1.37 bits per heavy atom. The lowest BCUT2D eigenvalue weighted by Gasteiger charge is -2.17. The molecule has 0 spiro atoms. The standard InChI is InChI=1S/C13H22N2O3S/c1-18-13-8-4-3-6-11(13)10-12(15-14)7-5-9-19(2,16)17/h3-4,6,8,12,15H,5,7,9-10,14H2,1-2H3. The molecule has 0 aromatic heterocycles. The second-order valence-corrected chi connectivity index (χ2v) is 6.91. The van der Waals surface area contributed by atoms with Gasteiger partial charge < -0.3 is 4.74 Å². The molecule has 6 heteroatoms. The zero-order valence-electron chi connectivity index (χ0n) is 11.4. The molecule has 1 rings (SSSR count). The fourth-order valence-corrected chi connectivity index (χ4v) is 2.66. The molecule has 19 heavy (non-hydrogen) atoms. The smallest absolute Gasteiger partial charge is 0.147 e. The number of methoxy groups -OCH3 is 1. The van der Waals surface area contributed by atoms with Crippen molar-refractivity contribution in [3.05, 3.63) is 29.8 Å². The van der Waals surface area contributed by atoms with Crippen molar-refractivity contribution in [1.82, 2.24) is 5.43 Å². The molecule has 0 saturated heterocycles. The SMILES string of the molecule is COc1ccccc1CC(CCCS(C)(=O)=O)NN. The zero-order valence-corrected chi connectivity index (χ0v) is 12.2. The topological polar surface area (TPSA) is 81.4 Å². The van der Waals surface area contributed by atoms with Gasteiger partial charge in [0.1, 0.15) is 15.6 Å². The number of hydrazine groups is 1. The minimum absolute atomic E-state index is 0.0399. The van der Waals surface area contributed by atoms with E-state index in [2.05, 4.69) is 5.43 Å². The van der Waals surface area contributed by atoms with Crippen LogP contribution in [0.1, 0.15) is 18.4 Å². The average Bonchev–Trinajstić information content (AvgIpc) is 2.36. The summed E-state index contributed by atoms with van der Waals surface area (Å²) in [5.41, 5.74) is 3.80. The molecule has 1 aromatic rings. The van der Waals surface area contributed by atoms with Gasteiger partial charge in [-0.05, 0) is 30.9 Å². The van der Waals surface area contributed by atoms with Crippen LogP contribution in [0.25, 0.3) is 0 Å². The molecule has 0 aliphatic carbocycles. The minimum Gasteiger partial charge on any atom is -0.496 e. The van der Waals surface area contributed by atoms with Crippen LogP contribution in [-0.4, -0.2) is 33.6 Å². The van der Waals surface area contributed by atoms with Crippen molar-refractivity contribution in [2.45, 2.75) is 25.3 Å². The molecule has 0 aliphatic rings. The van der Waals surface area contributed by atoms with Crippen LogP contribution in [-0.2, 0) is 16.3 Å². The molecule has 108 valence electrons. The Hall–Kier alpha value is -1.11. The molecule has 1 unspecified atom stereocenters. The third kappa shape index (κ3) is 6.04. The van der Waals surface area contributed by atoms with Crippen molar-refractivity contribution in [3.8, 4) is 5.75 Å². The summed E-state index contributed by atoms with van der Waals surface area (Å²) in [6, 6.07) is 7.79. The van der Waals surface area contributed by atoms with Crippen molar-refractivity contribution in [2.75, 3.05) is 19.1 Å². The minimum atomic E-state index is -2.91. The second-order valence-electron chi connectivity index (χ2n) is 4.65. The fraction of sp³-hybridized carbons (Fsp3) is 0.538. The number of para-hydroxylation sites is 1. The van der Waals surface area contributed by atoms with E-state index in [-0.39, 0.29) is 11.8 Å². The maximum Gasteiger partial charge on any atom is 0.147 e. The Morgan fingerprint density at radius 3 is 2.63 bits per heavy atom. The van der Waals surface area contributed by atoms with Crippen molar-refractivity contribution in [1.29, 1.82) is 0 Å². The molecule has 0 aliphatic heterocycles. The molecule has 5 nitrogen and oxygen atoms in total. The van der Waals surface area contributed by atoms with Gasteiger partial charge in [0.25, 0.3) is 0 Å². The van der Waals surface area contributed by atoms with Gasteiger partial charge >= 0.3 is 0 Å². The summed E-state index contributed by atoms with van der Waals surface area (Å²) in [6.07, 6.45) is 3.27. The molecule has 1 aromatic carbocycles. The van der Waals surface area contributed by atoms with Gasteiger partial charge in [0.15, 0.2) is 0 Å². The Bertz CT molecular complexity index is 488. The molecule has 3 N–H and O–H groups in total. The zero-order chi connectivity index (χ0) is 14.3. The molecular formula is C13H22N2O3S. The van der Waals surface area contributed by atoms with Crippen LogP contribution >= 0.6 is 0 Å². The lowest BCUT2D eigenvalue weighted by atomic mass is 10.0. The molecule has 0 fully saturated rings. The largest absolute Gasteiger partial charge is 0.496 e. The lowest BCUT2D eigenvalue weighted by Crippen LogP contribution is -2.37. The summed E-state index contributed by atoms with van der Waals surface area (Å²) in [6.45, 7) is 0. The van der Waals surface area contributed by atoms with Gasteiger partial charge in [0, 0.05) is 18.1 Å². The maximum absolute atomic E-state index is 11.1. The molecule has 1 atom stereocenters. The molecule has 0 saturated carbocycles. The van der Waals surface area contributed by atoms with Crippen molar-refractivity contribution < 1.29 is 13.2 Å². The second kappa shape index (κ2) is 7.47. The van der Waals surface area contributed by atoms with Crippen LogP contribution in [0.4, 0.5) is 0 Å². The van der Waals surface area contributed by atoms with E-state index < -0.39 is 9.84 Å². The van der Waals surface area contributed by atoms with Crippen LogP contribution in [0.2, 0.25) is 0 Å². The Balaban J connectivity index is 2.56. The number of hydrogen-bond donors (Lipinski definition) is 2. The van der Waals surface area contributed by atoms with Gasteiger partial charge in [-0.3, -0.25) is 11.3 Å². The number of benzene rings is 1. The van der Waals surface area contributed by atoms with Crippen molar-refractivity contribution in [3.63, 3.8) is 0 Å². The van der Waals surface area contributed by atoms with Crippen molar-refractivity contribution >= 4 is 9.84 Å². The van der Waals surface area contributed by atoms with Gasteiger partial charge in [-0.2, -0.15) is 0 Å². The predicted molar refractivity (Wildman–Crippen MR) is 76.8 cm³/mol. The number of ether oxygens (including phenoxy) is 1. The van der Waals surface area contributed by atoms with Gasteiger partial charge in [0.2, 0.25) is 0 Å². The summed E-state index contributed by atoms with van der Waals surface area (Å²) >= 11 is 0. The normalized spacial score (nSPS) is 13.2. The van der Waals surface area contributed by atoms with Gasteiger partial charge in [-0.15, -0.1) is 0 Å². The lowest BCUT2D eigenvalue weighted by molar-refractivity contribution is 0.402. The molecular weight excluding hydrogens is 264 g/mol. The van der Waals surface area contributed by atoms with E-state index >= 15 is 0 Å². The number of nitrogens with one attached hydrogen (secondary N) is 1. The monoisotopic (exact) mass is 286 g/mol. The Kier molecular flexibility index (Phi) is 6.27. The van der Waals surface area contributed by atoms with E-state index in [0.717, 1.165) is 11.3 Å². The Morgan fingerprint density at radius 2 is 2.05 bits per heavy atom. The molecule has 0 radical (unpaired) electrons. The highest BCUT2D eigenvalue weighted by Crippen LogP contribution is 2.19. The summed E-state index contributed by atoms with van der Waals surface area (Å²) in [5.74, 6) is 6.54. The average molecular weight is 286 g/mol. The van der Waals surface area contributed by atoms with Crippen LogP contribution in [0, 0.1) is 0 Å². The number of rotatable bonds is 8. The van der Waals surface area contributed by atoms with Gasteiger partial charge in [0.05, 0.1) is 7.11 Å². The van der Waals surface area contributed by atoms with Crippen LogP contribution in [0.3, 0.4) is 0 Å². The van der Waals surface area contributed by atoms with Crippen molar-refractivity contribution in [2.24, 2.45) is 5.84 Å². The van der Waals surface area contributed by atoms with E-state index in [0.29, 0.717) is 19.3 Å². The van der Waals surface area contributed by atoms with Crippen LogP contribution in [0.5, 0.6) is 5.75 Å². The van der Waals surface area contributed by atoms with Crippen LogP contribution in [0.15, 0.2) is 24.3 Å². The van der Waals surface area contributed by atoms with E-state index in [1.807, 2.05) is 24.3 Å². The van der Waals surface area contributed by atoms with Gasteiger partial charge in [-0.25, -0.2) is 8.42 Å². The third-order valence-electron chi connectivity index (χ3n) is 2.96. The number of sulfone groups is 1. The summed E-state index contributed by atoms with van der Waals surface area (Å²) in [7, 11) is -1.27. The predicted octanol–water partition coefficient (Wildman–Crippen LogP) is 0.894. The molecule has 0 amide bonds. The fourth-order valence-electron chi connectivity index (χ4n) is 1.97. The number of nitrogens with two attached hydrogens (primary N) is 1. The molecule has 0 heterocycles. The molecule has 0 bridgehead atoms. The van der Waals surface area contributed by atoms with E-state index in [1.54, 1.807) is 7.11 Å². The first kappa shape index (κ1) is 15.9. The first-order chi connectivity index (χ1) is 8.96. The number of hydrogen-bond acceptors (Lipinski definition) is 5. The summed E-state index contributed by atoms with van der Waals surface area (Å²) in [4.78, 5) is 0. The summed E-state index contributed by atoms with van der Waals surface area (Å²) in [5, 5.41) is 0. The highest BCUT2D eigenvalue weighted by atomic mass is 32.2. The van der Waals surface area contributed by atoms with E-state index in [4.69, 9.17) is 10.6 Å². The van der Waals surface area contributed by atoms with Gasteiger partial charge in [-0.1, -0.05) is 18.2 Å². The first-order valence-corrected chi connectivity index (χ1v) is 8.28. The highest BCUT2D eigenvalue weighted by Gasteiger charge is 2.12. The maximum atomic E-state index is 11.1. The summed E-state index contributed by atoms with van der Waals surface area (Å²) < 4.78 is 27.5. The Labute approximate surface area is 115 Å². The first-order valence-electron chi connectivity index (χ1n) is 6.22. The quantitative estimate of drug-likeness (QED) is 0.548. The van der Waals surface area contributed by atoms with E-state index in [1.165, 1.54) is 6.26 Å². The van der Waals surface area contributed by atoms with Crippen LogP contribution < -0.4 is 16.0 Å². The highest BCUT2D eigenvalue weighted by molar-refractivity contribution is 7.90. The third-order valence-corrected chi connectivity index (χ3v) is 3.99.